The van der Waals surface area contributed by atoms with Crippen molar-refractivity contribution in [3.63, 3.8) is 0 Å². The van der Waals surface area contributed by atoms with E-state index >= 15 is 0 Å². The molecule has 0 fully saturated rings. The first-order valence-electron chi connectivity index (χ1n) is 13.8. The summed E-state index contributed by atoms with van der Waals surface area (Å²) in [4.78, 5) is 39.2. The minimum atomic E-state index is -1.23. The average molecular weight is 510 g/mol. The van der Waals surface area contributed by atoms with Crippen LogP contribution in [-0.2, 0) is 25.7 Å². The smallest absolute Gasteiger partial charge is 0.331 e. The lowest BCUT2D eigenvalue weighted by Crippen LogP contribution is -2.53. The van der Waals surface area contributed by atoms with Crippen molar-refractivity contribution >= 4 is 17.7 Å². The highest BCUT2D eigenvalue weighted by atomic mass is 16.5. The zero-order valence-electron chi connectivity index (χ0n) is 22.5. The normalized spacial score (nSPS) is 12.5. The monoisotopic (exact) mass is 509 g/mol. The van der Waals surface area contributed by atoms with Crippen LogP contribution < -0.4 is 5.32 Å². The molecular formula is C31H43NO5. The standard InChI is InChI=1S/C31H43NO5/c1-3-5-6-7-8-9-10-11-18-23-27(33)32-28(31(35)36-4-2)30(29(34)26-21-16-13-17-22-26)37-24-25-19-14-12-15-20-25/h12-17,19-22,28,30H,3-11,18,23-24H2,1-2H3,(H,32,33). The van der Waals surface area contributed by atoms with Crippen LogP contribution >= 0.6 is 0 Å². The van der Waals surface area contributed by atoms with Gasteiger partial charge in [-0.25, -0.2) is 4.79 Å². The van der Waals surface area contributed by atoms with E-state index in [0.29, 0.717) is 5.56 Å². The fourth-order valence-corrected chi connectivity index (χ4v) is 4.18. The van der Waals surface area contributed by atoms with E-state index in [2.05, 4.69) is 12.2 Å². The SMILES string of the molecule is CCCCCCCCCCCC(=O)NC(C(=O)OCC)C(OCc1ccccc1)C(=O)c1ccccc1. The lowest BCUT2D eigenvalue weighted by molar-refractivity contribution is -0.151. The molecule has 0 heterocycles. The summed E-state index contributed by atoms with van der Waals surface area (Å²) in [7, 11) is 0. The molecule has 6 nitrogen and oxygen atoms in total. The quantitative estimate of drug-likeness (QED) is 0.134. The van der Waals surface area contributed by atoms with Crippen LogP contribution in [0.3, 0.4) is 0 Å². The Kier molecular flexibility index (Phi) is 14.9. The topological polar surface area (TPSA) is 81.7 Å². The van der Waals surface area contributed by atoms with E-state index < -0.39 is 18.1 Å². The number of ketones is 1. The van der Waals surface area contributed by atoms with Crippen molar-refractivity contribution in [2.45, 2.75) is 96.8 Å². The Balaban J connectivity index is 2.02. The van der Waals surface area contributed by atoms with Crippen LogP contribution in [0.15, 0.2) is 60.7 Å². The van der Waals surface area contributed by atoms with Gasteiger partial charge in [0.05, 0.1) is 13.2 Å². The van der Waals surface area contributed by atoms with E-state index in [4.69, 9.17) is 9.47 Å². The van der Waals surface area contributed by atoms with Gasteiger partial charge in [-0.05, 0) is 18.9 Å². The molecule has 0 bridgehead atoms. The summed E-state index contributed by atoms with van der Waals surface area (Å²) in [6.45, 7) is 4.16. The highest BCUT2D eigenvalue weighted by Gasteiger charge is 2.37. The Morgan fingerprint density at radius 2 is 1.32 bits per heavy atom. The van der Waals surface area contributed by atoms with Crippen molar-refractivity contribution in [2.24, 2.45) is 0 Å². The molecule has 0 saturated carbocycles. The van der Waals surface area contributed by atoms with Crippen molar-refractivity contribution in [2.75, 3.05) is 6.61 Å². The van der Waals surface area contributed by atoms with Crippen LogP contribution in [-0.4, -0.2) is 36.4 Å². The molecule has 2 atom stereocenters. The first-order valence-corrected chi connectivity index (χ1v) is 13.8. The molecule has 0 spiro atoms. The van der Waals surface area contributed by atoms with Gasteiger partial charge in [0.15, 0.2) is 17.9 Å². The maximum Gasteiger partial charge on any atom is 0.331 e. The first-order chi connectivity index (χ1) is 18.1. The van der Waals surface area contributed by atoms with Crippen LogP contribution in [0.2, 0.25) is 0 Å². The molecular weight excluding hydrogens is 466 g/mol. The molecule has 0 aromatic heterocycles. The Labute approximate surface area is 222 Å². The third-order valence-electron chi connectivity index (χ3n) is 6.26. The lowest BCUT2D eigenvalue weighted by atomic mass is 9.99. The van der Waals surface area contributed by atoms with Gasteiger partial charge in [-0.15, -0.1) is 0 Å². The van der Waals surface area contributed by atoms with Crippen molar-refractivity contribution in [1.82, 2.24) is 5.32 Å². The number of esters is 1. The molecule has 37 heavy (non-hydrogen) atoms. The minimum absolute atomic E-state index is 0.119. The Bertz CT molecular complexity index is 916. The predicted molar refractivity (Wildman–Crippen MR) is 146 cm³/mol. The molecule has 2 aromatic rings. The second-order valence-electron chi connectivity index (χ2n) is 9.32. The molecule has 0 saturated heterocycles. The second kappa shape index (κ2) is 18.3. The van der Waals surface area contributed by atoms with Gasteiger partial charge in [-0.3, -0.25) is 9.59 Å². The number of hydrogen-bond acceptors (Lipinski definition) is 5. The summed E-state index contributed by atoms with van der Waals surface area (Å²) in [5.74, 6) is -1.33. The van der Waals surface area contributed by atoms with Crippen molar-refractivity contribution in [1.29, 1.82) is 0 Å². The van der Waals surface area contributed by atoms with Crippen molar-refractivity contribution < 1.29 is 23.9 Å². The van der Waals surface area contributed by atoms with Crippen LogP contribution in [0, 0.1) is 0 Å². The highest BCUT2D eigenvalue weighted by Crippen LogP contribution is 2.16. The maximum absolute atomic E-state index is 13.4. The largest absolute Gasteiger partial charge is 0.464 e. The van der Waals surface area contributed by atoms with E-state index in [0.717, 1.165) is 24.8 Å². The number of nitrogens with one attached hydrogen (secondary N) is 1. The number of rotatable bonds is 19. The Morgan fingerprint density at radius 3 is 1.92 bits per heavy atom. The maximum atomic E-state index is 13.4. The summed E-state index contributed by atoms with van der Waals surface area (Å²) in [6, 6.07) is 16.8. The summed E-state index contributed by atoms with van der Waals surface area (Å²) in [5, 5.41) is 2.75. The zero-order chi connectivity index (χ0) is 26.7. The number of ether oxygens (including phenoxy) is 2. The average Bonchev–Trinajstić information content (AvgIpc) is 2.92. The second-order valence-corrected chi connectivity index (χ2v) is 9.32. The fraction of sp³-hybridized carbons (Fsp3) is 0.516. The molecule has 0 aliphatic heterocycles. The molecule has 6 heteroatoms. The summed E-state index contributed by atoms with van der Waals surface area (Å²) in [5.41, 5.74) is 1.26. The number of benzene rings is 2. The van der Waals surface area contributed by atoms with E-state index in [1.165, 1.54) is 38.5 Å². The van der Waals surface area contributed by atoms with E-state index in [1.807, 2.05) is 36.4 Å². The van der Waals surface area contributed by atoms with Gasteiger partial charge < -0.3 is 14.8 Å². The lowest BCUT2D eigenvalue weighted by Gasteiger charge is -2.26. The number of hydrogen-bond donors (Lipinski definition) is 1. The summed E-state index contributed by atoms with van der Waals surface area (Å²) >= 11 is 0. The number of carbonyl (C=O) groups is 3. The predicted octanol–water partition coefficient (Wildman–Crippen LogP) is 6.42. The van der Waals surface area contributed by atoms with Gasteiger partial charge in [-0.1, -0.05) is 119 Å². The molecule has 0 radical (unpaired) electrons. The zero-order valence-corrected chi connectivity index (χ0v) is 22.5. The third-order valence-corrected chi connectivity index (χ3v) is 6.26. The van der Waals surface area contributed by atoms with E-state index in [1.54, 1.807) is 31.2 Å². The van der Waals surface area contributed by atoms with Gasteiger partial charge in [0, 0.05) is 12.0 Å². The van der Waals surface area contributed by atoms with Gasteiger partial charge in [0.25, 0.3) is 0 Å². The van der Waals surface area contributed by atoms with Gasteiger partial charge >= 0.3 is 5.97 Å². The third kappa shape index (κ3) is 11.7. The Hall–Kier alpha value is -2.99. The van der Waals surface area contributed by atoms with E-state index in [-0.39, 0.29) is 31.3 Å². The van der Waals surface area contributed by atoms with Crippen LogP contribution in [0.1, 0.15) is 94.0 Å². The molecule has 202 valence electrons. The number of unbranched alkanes of at least 4 members (excludes halogenated alkanes) is 8. The van der Waals surface area contributed by atoms with Gasteiger partial charge in [0.2, 0.25) is 5.91 Å². The first kappa shape index (κ1) is 30.2. The number of carbonyl (C=O) groups excluding carboxylic acids is 3. The minimum Gasteiger partial charge on any atom is -0.464 e. The van der Waals surface area contributed by atoms with Gasteiger partial charge in [0.1, 0.15) is 0 Å². The Morgan fingerprint density at radius 1 is 0.757 bits per heavy atom. The number of Topliss-reactive ketones (excluding diaryl/α,β-unsaturated/α-hetero) is 1. The van der Waals surface area contributed by atoms with Crippen molar-refractivity contribution in [3.8, 4) is 0 Å². The molecule has 1 amide bonds. The van der Waals surface area contributed by atoms with Crippen LogP contribution in [0.25, 0.3) is 0 Å². The van der Waals surface area contributed by atoms with Crippen LogP contribution in [0.4, 0.5) is 0 Å². The molecule has 0 aliphatic carbocycles. The van der Waals surface area contributed by atoms with E-state index in [9.17, 15) is 14.4 Å². The highest BCUT2D eigenvalue weighted by molar-refractivity contribution is 6.03. The molecule has 2 rings (SSSR count). The molecule has 2 unspecified atom stereocenters. The molecule has 1 N–H and O–H groups in total. The van der Waals surface area contributed by atoms with Crippen molar-refractivity contribution in [3.05, 3.63) is 71.8 Å². The van der Waals surface area contributed by atoms with Gasteiger partial charge in [-0.2, -0.15) is 0 Å². The number of amides is 1. The summed E-state index contributed by atoms with van der Waals surface area (Å²) < 4.78 is 11.2. The molecule has 2 aromatic carbocycles. The van der Waals surface area contributed by atoms with Crippen LogP contribution in [0.5, 0.6) is 0 Å². The fourth-order valence-electron chi connectivity index (χ4n) is 4.18. The summed E-state index contributed by atoms with van der Waals surface area (Å²) in [6.07, 6.45) is 9.39. The molecule has 0 aliphatic rings.